The van der Waals surface area contributed by atoms with E-state index in [9.17, 15) is 18.0 Å². The van der Waals surface area contributed by atoms with Crippen LogP contribution in [0.25, 0.3) is 5.69 Å². The minimum absolute atomic E-state index is 0.0169. The van der Waals surface area contributed by atoms with Crippen LogP contribution in [0.15, 0.2) is 53.7 Å². The van der Waals surface area contributed by atoms with E-state index < -0.39 is 22.7 Å². The molecule has 0 saturated heterocycles. The molecule has 1 heterocycles. The lowest BCUT2D eigenvalue weighted by Gasteiger charge is -2.12. The number of nitrogens with zero attached hydrogens (tertiary/aromatic N) is 4. The fraction of sp³-hybridized carbons (Fsp3) is 0.125. The Bertz CT molecular complexity index is 949. The molecule has 0 bridgehead atoms. The number of rotatable bonds is 5. The molecule has 0 saturated carbocycles. The first kappa shape index (κ1) is 19.2. The second-order valence-electron chi connectivity index (χ2n) is 5.28. The minimum atomic E-state index is -4.59. The van der Waals surface area contributed by atoms with E-state index in [1.807, 2.05) is 0 Å². The molecule has 3 aromatic rings. The summed E-state index contributed by atoms with van der Waals surface area (Å²) in [6.07, 6.45) is -3.15. The number of hydrogen-bond acceptors (Lipinski definition) is 5. The zero-order valence-corrected chi connectivity index (χ0v) is 15.0. The molecule has 0 aliphatic heterocycles. The second kappa shape index (κ2) is 7.97. The summed E-state index contributed by atoms with van der Waals surface area (Å²) in [5, 5.41) is 12.9. The van der Waals surface area contributed by atoms with Gasteiger partial charge < -0.3 is 5.32 Å². The number of aromatic nitrogens is 4. The third-order valence-corrected chi connectivity index (χ3v) is 4.68. The van der Waals surface area contributed by atoms with Crippen LogP contribution >= 0.6 is 23.4 Å². The zero-order chi connectivity index (χ0) is 19.4. The van der Waals surface area contributed by atoms with Crippen LogP contribution in [0.1, 0.15) is 5.56 Å². The van der Waals surface area contributed by atoms with Crippen LogP contribution < -0.4 is 5.32 Å². The molecule has 0 aliphatic carbocycles. The number of carbonyl (C=O) groups excluding carboxylic acids is 1. The van der Waals surface area contributed by atoms with Gasteiger partial charge in [0.1, 0.15) is 6.33 Å². The molecule has 27 heavy (non-hydrogen) atoms. The van der Waals surface area contributed by atoms with E-state index in [-0.39, 0.29) is 11.4 Å². The van der Waals surface area contributed by atoms with Gasteiger partial charge in [0.25, 0.3) is 0 Å². The van der Waals surface area contributed by atoms with Crippen LogP contribution in [0.4, 0.5) is 18.9 Å². The number of carbonyl (C=O) groups is 1. The Labute approximate surface area is 160 Å². The molecule has 0 spiro atoms. The van der Waals surface area contributed by atoms with Crippen molar-refractivity contribution in [3.8, 4) is 5.69 Å². The summed E-state index contributed by atoms with van der Waals surface area (Å²) in [7, 11) is 0. The highest BCUT2D eigenvalue weighted by Gasteiger charge is 2.33. The van der Waals surface area contributed by atoms with E-state index in [1.165, 1.54) is 28.8 Å². The molecular weight excluding hydrogens is 403 g/mol. The van der Waals surface area contributed by atoms with Crippen LogP contribution in [-0.4, -0.2) is 31.9 Å². The normalized spacial score (nSPS) is 11.4. The highest BCUT2D eigenvalue weighted by molar-refractivity contribution is 8.00. The first-order chi connectivity index (χ1) is 12.8. The third kappa shape index (κ3) is 4.98. The highest BCUT2D eigenvalue weighted by Crippen LogP contribution is 2.36. The molecule has 0 atom stereocenters. The molecule has 1 N–H and O–H groups in total. The first-order valence-electron chi connectivity index (χ1n) is 7.46. The molecule has 140 valence electrons. The van der Waals surface area contributed by atoms with Crippen molar-refractivity contribution in [3.05, 3.63) is 59.4 Å². The van der Waals surface area contributed by atoms with Crippen LogP contribution in [0.3, 0.4) is 0 Å². The molecular formula is C16H11ClF3N5OS. The average Bonchev–Trinajstić information content (AvgIpc) is 3.16. The fourth-order valence-electron chi connectivity index (χ4n) is 2.16. The highest BCUT2D eigenvalue weighted by atomic mass is 35.5. The van der Waals surface area contributed by atoms with Gasteiger partial charge in [-0.1, -0.05) is 17.7 Å². The molecule has 0 aliphatic rings. The molecule has 11 heteroatoms. The lowest BCUT2D eigenvalue weighted by molar-refractivity contribution is -0.137. The number of tetrazole rings is 1. The molecule has 0 unspecified atom stereocenters. The molecule has 0 radical (unpaired) electrons. The Morgan fingerprint density at radius 3 is 2.74 bits per heavy atom. The maximum absolute atomic E-state index is 12.9. The summed E-state index contributed by atoms with van der Waals surface area (Å²) in [6.45, 7) is 0. The van der Waals surface area contributed by atoms with Gasteiger partial charge in [-0.2, -0.15) is 13.2 Å². The maximum Gasteiger partial charge on any atom is 0.417 e. The van der Waals surface area contributed by atoms with E-state index in [1.54, 1.807) is 24.3 Å². The third-order valence-electron chi connectivity index (χ3n) is 3.36. The average molecular weight is 414 g/mol. The van der Waals surface area contributed by atoms with Gasteiger partial charge in [-0.15, -0.1) is 16.9 Å². The Kier molecular flexibility index (Phi) is 5.66. The van der Waals surface area contributed by atoms with Crippen molar-refractivity contribution in [2.75, 3.05) is 11.1 Å². The van der Waals surface area contributed by atoms with Crippen molar-refractivity contribution in [1.82, 2.24) is 20.2 Å². The summed E-state index contributed by atoms with van der Waals surface area (Å²) in [4.78, 5) is 12.8. The number of benzene rings is 2. The minimum Gasteiger partial charge on any atom is -0.325 e. The summed E-state index contributed by atoms with van der Waals surface area (Å²) in [5.74, 6) is -0.425. The zero-order valence-electron chi connectivity index (χ0n) is 13.4. The van der Waals surface area contributed by atoms with E-state index in [4.69, 9.17) is 11.6 Å². The van der Waals surface area contributed by atoms with Crippen molar-refractivity contribution in [1.29, 1.82) is 0 Å². The first-order valence-corrected chi connectivity index (χ1v) is 8.82. The van der Waals surface area contributed by atoms with E-state index in [2.05, 4.69) is 20.8 Å². The van der Waals surface area contributed by atoms with Gasteiger partial charge >= 0.3 is 6.18 Å². The van der Waals surface area contributed by atoms with E-state index >= 15 is 0 Å². The number of hydrogen-bond donors (Lipinski definition) is 1. The summed E-state index contributed by atoms with van der Waals surface area (Å²) >= 11 is 6.79. The summed E-state index contributed by atoms with van der Waals surface area (Å²) in [5.41, 5.74) is -0.249. The SMILES string of the molecule is O=C(CSc1cccc(-n2cnnn2)c1)Nc1ccc(Cl)c(C(F)(F)F)c1. The van der Waals surface area contributed by atoms with Crippen molar-refractivity contribution >= 4 is 35.0 Å². The quantitative estimate of drug-likeness (QED) is 0.638. The fourth-order valence-corrected chi connectivity index (χ4v) is 3.14. The van der Waals surface area contributed by atoms with Crippen molar-refractivity contribution in [2.24, 2.45) is 0 Å². The van der Waals surface area contributed by atoms with Crippen LogP contribution in [0.5, 0.6) is 0 Å². The predicted octanol–water partition coefficient (Wildman–Crippen LogP) is 4.07. The molecule has 1 amide bonds. The smallest absolute Gasteiger partial charge is 0.325 e. The monoisotopic (exact) mass is 413 g/mol. The van der Waals surface area contributed by atoms with Crippen LogP contribution in [0, 0.1) is 0 Å². The predicted molar refractivity (Wildman–Crippen MR) is 95.0 cm³/mol. The Balaban J connectivity index is 1.63. The largest absolute Gasteiger partial charge is 0.417 e. The number of nitrogens with one attached hydrogen (secondary N) is 1. The number of halogens is 4. The number of alkyl halides is 3. The van der Waals surface area contributed by atoms with Gasteiger partial charge in [0, 0.05) is 10.6 Å². The maximum atomic E-state index is 12.9. The lowest BCUT2D eigenvalue weighted by Crippen LogP contribution is -2.15. The second-order valence-corrected chi connectivity index (χ2v) is 6.74. The van der Waals surface area contributed by atoms with E-state index in [0.717, 1.165) is 22.7 Å². The Morgan fingerprint density at radius 2 is 2.04 bits per heavy atom. The van der Waals surface area contributed by atoms with Crippen molar-refractivity contribution < 1.29 is 18.0 Å². The Morgan fingerprint density at radius 1 is 1.22 bits per heavy atom. The van der Waals surface area contributed by atoms with Gasteiger partial charge in [-0.25, -0.2) is 4.68 Å². The van der Waals surface area contributed by atoms with Crippen molar-refractivity contribution in [3.63, 3.8) is 0 Å². The number of amides is 1. The Hall–Kier alpha value is -2.59. The van der Waals surface area contributed by atoms with Crippen molar-refractivity contribution in [2.45, 2.75) is 11.1 Å². The topological polar surface area (TPSA) is 72.7 Å². The van der Waals surface area contributed by atoms with Gasteiger partial charge in [0.2, 0.25) is 5.91 Å². The van der Waals surface area contributed by atoms with Gasteiger partial charge in [-0.3, -0.25) is 4.79 Å². The summed E-state index contributed by atoms with van der Waals surface area (Å²) in [6, 6.07) is 10.4. The molecule has 3 rings (SSSR count). The number of anilines is 1. The molecule has 1 aromatic heterocycles. The summed E-state index contributed by atoms with van der Waals surface area (Å²) < 4.78 is 40.1. The molecule has 2 aromatic carbocycles. The lowest BCUT2D eigenvalue weighted by atomic mass is 10.2. The van der Waals surface area contributed by atoms with E-state index in [0.29, 0.717) is 0 Å². The van der Waals surface area contributed by atoms with Gasteiger partial charge in [0.05, 0.1) is 22.0 Å². The molecule has 6 nitrogen and oxygen atoms in total. The van der Waals surface area contributed by atoms with Crippen LogP contribution in [-0.2, 0) is 11.0 Å². The molecule has 0 fully saturated rings. The number of thioether (sulfide) groups is 1. The van der Waals surface area contributed by atoms with Gasteiger partial charge in [-0.05, 0) is 46.8 Å². The van der Waals surface area contributed by atoms with Crippen LogP contribution in [0.2, 0.25) is 5.02 Å². The standard InChI is InChI=1S/C16H11ClF3N5OS/c17-14-5-4-10(6-13(14)16(18,19)20)22-15(26)8-27-12-3-1-2-11(7-12)25-9-21-23-24-25/h1-7,9H,8H2,(H,22,26). The van der Waals surface area contributed by atoms with Gasteiger partial charge in [0.15, 0.2) is 0 Å².